The van der Waals surface area contributed by atoms with Crippen LogP contribution in [0.5, 0.6) is 11.5 Å². The maximum Gasteiger partial charge on any atom is 0.339 e. The fourth-order valence-electron chi connectivity index (χ4n) is 4.73. The molecule has 0 bridgehead atoms. The van der Waals surface area contributed by atoms with E-state index in [-0.39, 0.29) is 18.6 Å². The van der Waals surface area contributed by atoms with Gasteiger partial charge in [-0.1, -0.05) is 44.9 Å². The summed E-state index contributed by atoms with van der Waals surface area (Å²) in [6.45, 7) is 4.06. The average molecular weight is 477 g/mol. The van der Waals surface area contributed by atoms with E-state index >= 15 is 0 Å². The van der Waals surface area contributed by atoms with E-state index in [1.807, 2.05) is 36.4 Å². The Bertz CT molecular complexity index is 1230. The molecular formula is C28H32N2O5. The zero-order valence-corrected chi connectivity index (χ0v) is 20.7. The summed E-state index contributed by atoms with van der Waals surface area (Å²) in [6, 6.07) is 14.6. The zero-order valence-electron chi connectivity index (χ0n) is 20.7. The van der Waals surface area contributed by atoms with Gasteiger partial charge in [0.2, 0.25) is 0 Å². The van der Waals surface area contributed by atoms with Crippen LogP contribution in [-0.4, -0.2) is 43.7 Å². The van der Waals surface area contributed by atoms with E-state index in [1.54, 1.807) is 26.4 Å². The van der Waals surface area contributed by atoms with Crippen LogP contribution in [0.25, 0.3) is 22.2 Å². The van der Waals surface area contributed by atoms with Crippen LogP contribution in [0.4, 0.5) is 0 Å². The lowest BCUT2D eigenvalue weighted by atomic mass is 9.78. The lowest BCUT2D eigenvalue weighted by Gasteiger charge is -2.34. The van der Waals surface area contributed by atoms with Crippen molar-refractivity contribution >= 4 is 22.8 Å². The highest BCUT2D eigenvalue weighted by molar-refractivity contribution is 6.05. The SMILES string of the molecule is COc1ccc(-c2cc(C(=O)OCC(=O)N[C@@H]3CCC[C@H](C)[C@H]3C)c3ccccc3n2)cc1OC. The molecule has 0 unspecified atom stereocenters. The largest absolute Gasteiger partial charge is 0.493 e. The van der Waals surface area contributed by atoms with E-state index < -0.39 is 5.97 Å². The zero-order chi connectivity index (χ0) is 24.9. The first kappa shape index (κ1) is 24.5. The molecule has 1 aliphatic carbocycles. The maximum atomic E-state index is 13.1. The van der Waals surface area contributed by atoms with Crippen LogP contribution >= 0.6 is 0 Å². The lowest BCUT2D eigenvalue weighted by molar-refractivity contribution is -0.125. The molecule has 4 rings (SSSR count). The Morgan fingerprint density at radius 2 is 1.77 bits per heavy atom. The van der Waals surface area contributed by atoms with Gasteiger partial charge in [0.25, 0.3) is 5.91 Å². The van der Waals surface area contributed by atoms with Gasteiger partial charge in [0.15, 0.2) is 18.1 Å². The van der Waals surface area contributed by atoms with E-state index in [2.05, 4.69) is 19.2 Å². The van der Waals surface area contributed by atoms with Gasteiger partial charge in [-0.05, 0) is 48.6 Å². The number of para-hydroxylation sites is 1. The second-order valence-corrected chi connectivity index (χ2v) is 9.16. The van der Waals surface area contributed by atoms with Crippen LogP contribution in [-0.2, 0) is 9.53 Å². The summed E-state index contributed by atoms with van der Waals surface area (Å²) < 4.78 is 16.2. The second kappa shape index (κ2) is 10.8. The lowest BCUT2D eigenvalue weighted by Crippen LogP contribution is -2.45. The number of rotatable bonds is 7. The number of benzene rings is 2. The van der Waals surface area contributed by atoms with E-state index in [4.69, 9.17) is 19.2 Å². The molecule has 0 spiro atoms. The maximum absolute atomic E-state index is 13.1. The molecule has 1 amide bonds. The first-order valence-corrected chi connectivity index (χ1v) is 12.0. The molecule has 1 fully saturated rings. The first-order valence-electron chi connectivity index (χ1n) is 12.0. The number of carbonyl (C=O) groups is 2. The summed E-state index contributed by atoms with van der Waals surface area (Å²) in [5.74, 6) is 1.29. The number of esters is 1. The topological polar surface area (TPSA) is 86.8 Å². The number of hydrogen-bond acceptors (Lipinski definition) is 6. The quantitative estimate of drug-likeness (QED) is 0.482. The van der Waals surface area contributed by atoms with Gasteiger partial charge >= 0.3 is 5.97 Å². The van der Waals surface area contributed by atoms with Gasteiger partial charge in [-0.15, -0.1) is 0 Å². The number of amides is 1. The first-order chi connectivity index (χ1) is 16.9. The average Bonchev–Trinajstić information content (AvgIpc) is 2.88. The number of hydrogen-bond donors (Lipinski definition) is 1. The molecular weight excluding hydrogens is 444 g/mol. The molecule has 1 aromatic heterocycles. The number of pyridine rings is 1. The summed E-state index contributed by atoms with van der Waals surface area (Å²) in [4.78, 5) is 30.4. The smallest absolute Gasteiger partial charge is 0.339 e. The van der Waals surface area contributed by atoms with Crippen molar-refractivity contribution in [1.29, 1.82) is 0 Å². The molecule has 7 heteroatoms. The monoisotopic (exact) mass is 476 g/mol. The van der Waals surface area contributed by atoms with Crippen molar-refractivity contribution in [1.82, 2.24) is 10.3 Å². The highest BCUT2D eigenvalue weighted by atomic mass is 16.5. The molecule has 1 aliphatic rings. The third kappa shape index (κ3) is 5.39. The van der Waals surface area contributed by atoms with Crippen LogP contribution < -0.4 is 14.8 Å². The minimum absolute atomic E-state index is 0.114. The van der Waals surface area contributed by atoms with Crippen LogP contribution in [0.1, 0.15) is 43.5 Å². The van der Waals surface area contributed by atoms with Crippen molar-refractivity contribution in [2.24, 2.45) is 11.8 Å². The Morgan fingerprint density at radius 3 is 2.54 bits per heavy atom. The molecule has 0 aliphatic heterocycles. The van der Waals surface area contributed by atoms with Crippen molar-refractivity contribution < 1.29 is 23.8 Å². The van der Waals surface area contributed by atoms with Crippen LogP contribution in [0.3, 0.4) is 0 Å². The number of nitrogens with one attached hydrogen (secondary N) is 1. The van der Waals surface area contributed by atoms with E-state index in [9.17, 15) is 9.59 Å². The van der Waals surface area contributed by atoms with Crippen molar-refractivity contribution in [2.45, 2.75) is 39.2 Å². The molecule has 1 N–H and O–H groups in total. The van der Waals surface area contributed by atoms with E-state index in [0.29, 0.717) is 45.5 Å². The molecule has 0 radical (unpaired) electrons. The molecule has 1 heterocycles. The molecule has 35 heavy (non-hydrogen) atoms. The Labute approximate surface area is 205 Å². The fourth-order valence-corrected chi connectivity index (χ4v) is 4.73. The van der Waals surface area contributed by atoms with Gasteiger partial charge in [-0.2, -0.15) is 0 Å². The number of carbonyl (C=O) groups excluding carboxylic acids is 2. The number of ether oxygens (including phenoxy) is 3. The normalized spacial score (nSPS) is 19.7. The highest BCUT2D eigenvalue weighted by Gasteiger charge is 2.28. The molecule has 184 valence electrons. The summed E-state index contributed by atoms with van der Waals surface area (Å²) in [5, 5.41) is 3.71. The summed E-state index contributed by atoms with van der Waals surface area (Å²) in [6.07, 6.45) is 3.23. The van der Waals surface area contributed by atoms with Gasteiger partial charge < -0.3 is 19.5 Å². The number of aromatic nitrogens is 1. The van der Waals surface area contributed by atoms with Crippen LogP contribution in [0.2, 0.25) is 0 Å². The Morgan fingerprint density at radius 1 is 1.00 bits per heavy atom. The number of methoxy groups -OCH3 is 2. The van der Waals surface area contributed by atoms with Gasteiger partial charge in [-0.25, -0.2) is 9.78 Å². The summed E-state index contributed by atoms with van der Waals surface area (Å²) >= 11 is 0. The number of nitrogens with zero attached hydrogens (tertiary/aromatic N) is 1. The van der Waals surface area contributed by atoms with Crippen LogP contribution in [0.15, 0.2) is 48.5 Å². The van der Waals surface area contributed by atoms with Gasteiger partial charge in [-0.3, -0.25) is 4.79 Å². The van der Waals surface area contributed by atoms with Gasteiger partial charge in [0.1, 0.15) is 0 Å². The van der Waals surface area contributed by atoms with Crippen molar-refractivity contribution in [3.63, 3.8) is 0 Å². The predicted octanol–water partition coefficient (Wildman–Crippen LogP) is 5.02. The molecule has 3 atom stereocenters. The number of fused-ring (bicyclic) bond motifs is 1. The van der Waals surface area contributed by atoms with Gasteiger partial charge in [0, 0.05) is 17.0 Å². The Kier molecular flexibility index (Phi) is 7.54. The minimum atomic E-state index is -0.564. The van der Waals surface area contributed by atoms with Crippen molar-refractivity contribution in [2.75, 3.05) is 20.8 Å². The predicted molar refractivity (Wildman–Crippen MR) is 135 cm³/mol. The Hall–Kier alpha value is -3.61. The third-order valence-electron chi connectivity index (χ3n) is 7.00. The minimum Gasteiger partial charge on any atom is -0.493 e. The van der Waals surface area contributed by atoms with Crippen LogP contribution in [0, 0.1) is 11.8 Å². The summed E-state index contributed by atoms with van der Waals surface area (Å²) in [5.41, 5.74) is 2.36. The standard InChI is InChI=1S/C28H32N2O5/c1-17-8-7-11-22(18(17)2)30-27(31)16-35-28(32)21-15-24(29-23-10-6-5-9-20(21)23)19-12-13-25(33-3)26(14-19)34-4/h5-6,9-10,12-15,17-18,22H,7-8,11,16H2,1-4H3,(H,30,31)/t17-,18+,22+/m0/s1. The molecule has 2 aromatic carbocycles. The Balaban J connectivity index is 1.55. The van der Waals surface area contributed by atoms with Crippen molar-refractivity contribution in [3.8, 4) is 22.8 Å². The molecule has 3 aromatic rings. The molecule has 0 saturated heterocycles. The second-order valence-electron chi connectivity index (χ2n) is 9.16. The van der Waals surface area contributed by atoms with E-state index in [0.717, 1.165) is 18.4 Å². The molecule has 1 saturated carbocycles. The molecule has 7 nitrogen and oxygen atoms in total. The fraction of sp³-hybridized carbons (Fsp3) is 0.393. The van der Waals surface area contributed by atoms with E-state index in [1.165, 1.54) is 6.42 Å². The third-order valence-corrected chi connectivity index (χ3v) is 7.00. The van der Waals surface area contributed by atoms with Crippen molar-refractivity contribution in [3.05, 3.63) is 54.1 Å². The van der Waals surface area contributed by atoms with Gasteiger partial charge in [0.05, 0.1) is 31.0 Å². The highest BCUT2D eigenvalue weighted by Crippen LogP contribution is 2.33. The summed E-state index contributed by atoms with van der Waals surface area (Å²) in [7, 11) is 3.14.